The van der Waals surface area contributed by atoms with Crippen molar-refractivity contribution in [1.29, 1.82) is 0 Å². The molecule has 0 amide bonds. The van der Waals surface area contributed by atoms with Gasteiger partial charge in [-0.3, -0.25) is 4.40 Å². The Labute approximate surface area is 103 Å². The Morgan fingerprint density at radius 1 is 1.67 bits per heavy atom. The Balaban J connectivity index is 2.40. The number of hydrogen-bond acceptors (Lipinski definition) is 5. The van der Waals surface area contributed by atoms with Crippen LogP contribution in [0.4, 0.5) is 5.95 Å². The van der Waals surface area contributed by atoms with Crippen molar-refractivity contribution in [3.8, 4) is 0 Å². The first-order valence-corrected chi connectivity index (χ1v) is 5.44. The van der Waals surface area contributed by atoms with Gasteiger partial charge in [-0.05, 0) is 6.92 Å². The van der Waals surface area contributed by atoms with Crippen LogP contribution in [-0.4, -0.2) is 45.2 Å². The molecular weight excluding hydrogens is 236 g/mol. The van der Waals surface area contributed by atoms with Gasteiger partial charge in [0.05, 0.1) is 6.61 Å². The van der Waals surface area contributed by atoms with Crippen LogP contribution in [0.3, 0.4) is 0 Å². The maximum atomic E-state index is 11.0. The second-order valence-electron chi connectivity index (χ2n) is 3.93. The Hall–Kier alpha value is -2.15. The fourth-order valence-electron chi connectivity index (χ4n) is 1.65. The molecule has 0 spiro atoms. The molecule has 7 nitrogen and oxygen atoms in total. The van der Waals surface area contributed by atoms with Crippen LogP contribution in [0.5, 0.6) is 0 Å². The van der Waals surface area contributed by atoms with E-state index < -0.39 is 5.97 Å². The average Bonchev–Trinajstić information content (AvgIpc) is 2.77. The molecule has 0 aliphatic heterocycles. The predicted octanol–water partition coefficient (Wildman–Crippen LogP) is 0.874. The fraction of sp³-hybridized carbons (Fsp3) is 0.364. The summed E-state index contributed by atoms with van der Waals surface area (Å²) in [4.78, 5) is 19.1. The highest BCUT2D eigenvalue weighted by Crippen LogP contribution is 2.12. The Morgan fingerprint density at radius 2 is 2.44 bits per heavy atom. The van der Waals surface area contributed by atoms with E-state index in [-0.39, 0.29) is 11.7 Å². The van der Waals surface area contributed by atoms with Crippen molar-refractivity contribution in [3.63, 3.8) is 0 Å². The number of methoxy groups -OCH3 is 1. The first-order chi connectivity index (χ1) is 8.61. The van der Waals surface area contributed by atoms with Gasteiger partial charge in [-0.1, -0.05) is 0 Å². The molecule has 2 aromatic rings. The quantitative estimate of drug-likeness (QED) is 0.818. The summed E-state index contributed by atoms with van der Waals surface area (Å²) < 4.78 is 6.71. The van der Waals surface area contributed by atoms with E-state index in [0.717, 1.165) is 0 Å². The third-order valence-electron chi connectivity index (χ3n) is 2.40. The Bertz CT molecular complexity index is 566. The minimum absolute atomic E-state index is 0.0112. The topological polar surface area (TPSA) is 88.8 Å². The number of nitrogens with one attached hydrogen (secondary N) is 1. The summed E-state index contributed by atoms with van der Waals surface area (Å²) in [6.45, 7) is 2.41. The number of rotatable bonds is 5. The van der Waals surface area contributed by atoms with Crippen molar-refractivity contribution in [3.05, 3.63) is 24.2 Å². The van der Waals surface area contributed by atoms with Gasteiger partial charge in [0, 0.05) is 31.6 Å². The molecule has 7 heteroatoms. The lowest BCUT2D eigenvalue weighted by molar-refractivity contribution is 0.0690. The van der Waals surface area contributed by atoms with E-state index in [1.165, 1.54) is 6.07 Å². The predicted molar refractivity (Wildman–Crippen MR) is 64.9 cm³/mol. The third-order valence-corrected chi connectivity index (χ3v) is 2.40. The van der Waals surface area contributed by atoms with Gasteiger partial charge in [-0.15, -0.1) is 0 Å². The van der Waals surface area contributed by atoms with Crippen molar-refractivity contribution in [2.45, 2.75) is 13.0 Å². The molecule has 0 fully saturated rings. The number of ether oxygens (including phenoxy) is 1. The van der Waals surface area contributed by atoms with Crippen molar-refractivity contribution in [2.75, 3.05) is 19.0 Å². The van der Waals surface area contributed by atoms with E-state index in [1.807, 2.05) is 6.92 Å². The number of aromatic carboxylic acids is 1. The van der Waals surface area contributed by atoms with E-state index in [2.05, 4.69) is 15.3 Å². The molecule has 2 N–H and O–H groups in total. The zero-order chi connectivity index (χ0) is 13.1. The molecule has 0 aromatic carbocycles. The minimum atomic E-state index is -1.08. The number of aromatic nitrogens is 3. The van der Waals surface area contributed by atoms with Crippen LogP contribution in [-0.2, 0) is 4.74 Å². The highest BCUT2D eigenvalue weighted by atomic mass is 16.5. The number of imidazole rings is 1. The summed E-state index contributed by atoms with van der Waals surface area (Å²) >= 11 is 0. The first-order valence-electron chi connectivity index (χ1n) is 5.44. The summed E-state index contributed by atoms with van der Waals surface area (Å²) in [6.07, 6.45) is 3.31. The normalized spacial score (nSPS) is 12.6. The van der Waals surface area contributed by atoms with Crippen molar-refractivity contribution in [1.82, 2.24) is 14.4 Å². The van der Waals surface area contributed by atoms with E-state index in [0.29, 0.717) is 18.2 Å². The number of fused-ring (bicyclic) bond motifs is 1. The van der Waals surface area contributed by atoms with Gasteiger partial charge in [-0.2, -0.15) is 0 Å². The monoisotopic (exact) mass is 250 g/mol. The van der Waals surface area contributed by atoms with Crippen molar-refractivity contribution in [2.24, 2.45) is 0 Å². The number of carboxylic acid groups (broad SMARTS) is 1. The van der Waals surface area contributed by atoms with E-state index in [1.54, 1.807) is 23.9 Å². The lowest BCUT2D eigenvalue weighted by atomic mass is 10.3. The molecule has 0 radical (unpaired) electrons. The number of carboxylic acids is 1. The van der Waals surface area contributed by atoms with Gasteiger partial charge in [0.15, 0.2) is 5.69 Å². The summed E-state index contributed by atoms with van der Waals surface area (Å²) in [5, 5.41) is 12.1. The van der Waals surface area contributed by atoms with Crippen LogP contribution in [0.1, 0.15) is 17.4 Å². The zero-order valence-corrected chi connectivity index (χ0v) is 10.1. The minimum Gasteiger partial charge on any atom is -0.477 e. The number of hydrogen-bond donors (Lipinski definition) is 2. The van der Waals surface area contributed by atoms with E-state index in [4.69, 9.17) is 9.84 Å². The maximum absolute atomic E-state index is 11.0. The summed E-state index contributed by atoms with van der Waals surface area (Å²) in [5.41, 5.74) is 0.496. The number of carbonyl (C=O) groups is 1. The van der Waals surface area contributed by atoms with Gasteiger partial charge >= 0.3 is 5.97 Å². The summed E-state index contributed by atoms with van der Waals surface area (Å²) in [5.74, 6) is -0.644. The van der Waals surface area contributed by atoms with Crippen LogP contribution in [0, 0.1) is 0 Å². The molecular formula is C11H14N4O3. The summed E-state index contributed by atoms with van der Waals surface area (Å²) in [6, 6.07) is 1.44. The van der Waals surface area contributed by atoms with Crippen LogP contribution < -0.4 is 5.32 Å². The average molecular weight is 250 g/mol. The molecule has 0 bridgehead atoms. The van der Waals surface area contributed by atoms with Gasteiger partial charge in [0.2, 0.25) is 5.95 Å². The molecule has 0 saturated carbocycles. The molecule has 0 saturated heterocycles. The van der Waals surface area contributed by atoms with E-state index in [9.17, 15) is 4.79 Å². The number of anilines is 1. The first kappa shape index (κ1) is 12.3. The maximum Gasteiger partial charge on any atom is 0.354 e. The third kappa shape index (κ3) is 2.40. The van der Waals surface area contributed by atoms with Gasteiger partial charge in [-0.25, -0.2) is 14.8 Å². The fourth-order valence-corrected chi connectivity index (χ4v) is 1.65. The largest absolute Gasteiger partial charge is 0.477 e. The Kier molecular flexibility index (Phi) is 3.42. The molecule has 0 aliphatic carbocycles. The highest BCUT2D eigenvalue weighted by Gasteiger charge is 2.13. The summed E-state index contributed by atoms with van der Waals surface area (Å²) in [7, 11) is 1.60. The molecule has 2 rings (SSSR count). The molecule has 0 aliphatic rings. The second kappa shape index (κ2) is 5.01. The number of nitrogens with zero attached hydrogens (tertiary/aromatic N) is 3. The van der Waals surface area contributed by atoms with Crippen molar-refractivity contribution < 1.29 is 14.6 Å². The smallest absolute Gasteiger partial charge is 0.354 e. The van der Waals surface area contributed by atoms with Crippen LogP contribution in [0.2, 0.25) is 0 Å². The SMILES string of the molecule is COC[C@@H](C)Nc1nc(C(=O)O)cc2nccn12. The molecule has 0 unspecified atom stereocenters. The lowest BCUT2D eigenvalue weighted by Crippen LogP contribution is -2.23. The van der Waals surface area contributed by atoms with Crippen molar-refractivity contribution >= 4 is 17.6 Å². The zero-order valence-electron chi connectivity index (χ0n) is 10.1. The molecule has 2 aromatic heterocycles. The molecule has 1 atom stereocenters. The molecule has 2 heterocycles. The van der Waals surface area contributed by atoms with Crippen LogP contribution in [0.15, 0.2) is 18.5 Å². The van der Waals surface area contributed by atoms with Gasteiger partial charge in [0.1, 0.15) is 5.65 Å². The Morgan fingerprint density at radius 3 is 3.11 bits per heavy atom. The second-order valence-corrected chi connectivity index (χ2v) is 3.93. The lowest BCUT2D eigenvalue weighted by Gasteiger charge is -2.14. The van der Waals surface area contributed by atoms with Gasteiger partial charge < -0.3 is 15.2 Å². The van der Waals surface area contributed by atoms with Gasteiger partial charge in [0.25, 0.3) is 0 Å². The van der Waals surface area contributed by atoms with Crippen LogP contribution >= 0.6 is 0 Å². The standard InChI is InChI=1S/C11H14N4O3/c1-7(6-18-2)13-11-14-8(10(16)17)5-9-12-3-4-15(9)11/h3-5,7H,6H2,1-2H3,(H,13,14)(H,16,17)/t7-/m1/s1. The van der Waals surface area contributed by atoms with Crippen LogP contribution in [0.25, 0.3) is 5.65 Å². The molecule has 96 valence electrons. The van der Waals surface area contributed by atoms with E-state index >= 15 is 0 Å². The molecule has 18 heavy (non-hydrogen) atoms. The highest BCUT2D eigenvalue weighted by molar-refractivity contribution is 5.87.